The number of nitrogens with zero attached hydrogens (tertiary/aromatic N) is 1. The van der Waals surface area contributed by atoms with Gasteiger partial charge in [-0.15, -0.1) is 0 Å². The number of nitrogens with one attached hydrogen (secondary N) is 1. The predicted molar refractivity (Wildman–Crippen MR) is 80.6 cm³/mol. The van der Waals surface area contributed by atoms with Gasteiger partial charge in [0.25, 0.3) is 0 Å². The van der Waals surface area contributed by atoms with Crippen LogP contribution in [0.3, 0.4) is 0 Å². The number of hydrogen-bond acceptors (Lipinski definition) is 3. The first-order chi connectivity index (χ1) is 8.83. The van der Waals surface area contributed by atoms with Crippen LogP contribution in [0.15, 0.2) is 24.3 Å². The molecule has 0 radical (unpaired) electrons. The van der Waals surface area contributed by atoms with Crippen molar-refractivity contribution < 1.29 is 0 Å². The molecule has 1 aromatic rings. The van der Waals surface area contributed by atoms with E-state index in [1.807, 2.05) is 0 Å². The lowest BCUT2D eigenvalue weighted by Crippen LogP contribution is -2.37. The first kappa shape index (κ1) is 12.4. The molecule has 1 N–H and O–H groups in total. The highest BCUT2D eigenvalue weighted by atomic mass is 32.2. The minimum Gasteiger partial charge on any atom is -0.384 e. The van der Waals surface area contributed by atoms with Crippen LogP contribution in [0.5, 0.6) is 0 Å². The molecule has 0 aliphatic carbocycles. The molecule has 98 valence electrons. The summed E-state index contributed by atoms with van der Waals surface area (Å²) in [5, 5.41) is 4.34. The molecule has 0 aromatic heterocycles. The van der Waals surface area contributed by atoms with Crippen molar-refractivity contribution in [1.82, 2.24) is 4.90 Å². The van der Waals surface area contributed by atoms with E-state index in [1.165, 1.54) is 43.1 Å². The van der Waals surface area contributed by atoms with Gasteiger partial charge in [-0.25, -0.2) is 0 Å². The van der Waals surface area contributed by atoms with Crippen LogP contribution in [0.25, 0.3) is 0 Å². The fraction of sp³-hybridized carbons (Fsp3) is 0.600. The number of hydrogen-bond donors (Lipinski definition) is 1. The molecule has 2 aliphatic rings. The van der Waals surface area contributed by atoms with Gasteiger partial charge in [-0.05, 0) is 24.6 Å². The summed E-state index contributed by atoms with van der Waals surface area (Å²) in [4.78, 5) is 2.64. The summed E-state index contributed by atoms with van der Waals surface area (Å²) in [5.41, 5.74) is 2.88. The van der Waals surface area contributed by atoms with Gasteiger partial charge in [0.05, 0.1) is 0 Å². The van der Waals surface area contributed by atoms with Crippen molar-refractivity contribution in [3.63, 3.8) is 0 Å². The monoisotopic (exact) mass is 262 g/mol. The number of thioether (sulfide) groups is 1. The van der Waals surface area contributed by atoms with E-state index in [1.54, 1.807) is 0 Å². The molecule has 0 saturated carbocycles. The maximum Gasteiger partial charge on any atom is 0.0376 e. The summed E-state index contributed by atoms with van der Waals surface area (Å²) in [6.07, 6.45) is 1.29. The molecule has 1 aromatic carbocycles. The van der Waals surface area contributed by atoms with Crippen LogP contribution in [-0.4, -0.2) is 42.1 Å². The number of para-hydroxylation sites is 1. The van der Waals surface area contributed by atoms with Gasteiger partial charge in [-0.3, -0.25) is 0 Å². The molecule has 2 unspecified atom stereocenters. The zero-order valence-corrected chi connectivity index (χ0v) is 11.9. The lowest BCUT2D eigenvalue weighted by atomic mass is 9.98. The fourth-order valence-corrected chi connectivity index (χ4v) is 4.13. The van der Waals surface area contributed by atoms with Crippen molar-refractivity contribution in [3.05, 3.63) is 29.8 Å². The molecule has 2 heterocycles. The summed E-state index contributed by atoms with van der Waals surface area (Å²) in [7, 11) is 0. The van der Waals surface area contributed by atoms with Crippen LogP contribution in [0.4, 0.5) is 5.69 Å². The Labute approximate surface area is 114 Å². The minimum atomic E-state index is 0.714. The van der Waals surface area contributed by atoms with E-state index >= 15 is 0 Å². The van der Waals surface area contributed by atoms with Gasteiger partial charge >= 0.3 is 0 Å². The van der Waals surface area contributed by atoms with Crippen LogP contribution in [0.1, 0.15) is 24.8 Å². The van der Waals surface area contributed by atoms with E-state index in [0.29, 0.717) is 5.92 Å². The third-order valence-electron chi connectivity index (χ3n) is 4.06. The van der Waals surface area contributed by atoms with Crippen molar-refractivity contribution in [2.75, 3.05) is 37.2 Å². The Kier molecular flexibility index (Phi) is 3.80. The molecule has 0 bridgehead atoms. The van der Waals surface area contributed by atoms with E-state index < -0.39 is 0 Å². The summed E-state index contributed by atoms with van der Waals surface area (Å²) in [6, 6.07) is 8.78. The minimum absolute atomic E-state index is 0.714. The highest BCUT2D eigenvalue weighted by Crippen LogP contribution is 2.33. The van der Waals surface area contributed by atoms with E-state index in [4.69, 9.17) is 0 Å². The molecular formula is C15H22N2S. The van der Waals surface area contributed by atoms with Crippen molar-refractivity contribution in [2.45, 2.75) is 24.5 Å². The molecule has 3 rings (SSSR count). The van der Waals surface area contributed by atoms with Gasteiger partial charge in [0.1, 0.15) is 0 Å². The predicted octanol–water partition coefficient (Wildman–Crippen LogP) is 3.02. The Hall–Kier alpha value is -0.670. The van der Waals surface area contributed by atoms with Crippen LogP contribution in [0, 0.1) is 0 Å². The topological polar surface area (TPSA) is 15.3 Å². The van der Waals surface area contributed by atoms with Gasteiger partial charge in [0.15, 0.2) is 0 Å². The van der Waals surface area contributed by atoms with E-state index in [0.717, 1.165) is 11.8 Å². The Morgan fingerprint density at radius 2 is 2.28 bits per heavy atom. The lowest BCUT2D eigenvalue weighted by molar-refractivity contribution is 0.276. The second-order valence-corrected chi connectivity index (χ2v) is 6.98. The zero-order valence-electron chi connectivity index (χ0n) is 11.1. The van der Waals surface area contributed by atoms with Crippen molar-refractivity contribution in [2.24, 2.45) is 0 Å². The van der Waals surface area contributed by atoms with Crippen LogP contribution >= 0.6 is 11.8 Å². The maximum absolute atomic E-state index is 3.52. The molecule has 3 heteroatoms. The Morgan fingerprint density at radius 3 is 3.17 bits per heavy atom. The smallest absolute Gasteiger partial charge is 0.0376 e. The molecular weight excluding hydrogens is 240 g/mol. The second kappa shape index (κ2) is 5.54. The van der Waals surface area contributed by atoms with Gasteiger partial charge < -0.3 is 10.2 Å². The molecule has 2 nitrogen and oxygen atoms in total. The average Bonchev–Trinajstić information content (AvgIpc) is 2.80. The standard InChI is InChI=1S/C15H22N2S/c1-12-11-17(8-9-18-12)7-6-13-10-16-15-5-3-2-4-14(13)15/h2-5,12-13,16H,6-11H2,1H3. The van der Waals surface area contributed by atoms with Gasteiger partial charge in [-0.2, -0.15) is 11.8 Å². The zero-order chi connectivity index (χ0) is 12.4. The van der Waals surface area contributed by atoms with E-state index in [2.05, 4.69) is 53.2 Å². The summed E-state index contributed by atoms with van der Waals surface area (Å²) < 4.78 is 0. The maximum atomic E-state index is 3.52. The van der Waals surface area contributed by atoms with E-state index in [-0.39, 0.29) is 0 Å². The normalized spacial score (nSPS) is 27.8. The first-order valence-electron chi connectivity index (χ1n) is 6.99. The Bertz CT molecular complexity index is 407. The highest BCUT2D eigenvalue weighted by molar-refractivity contribution is 7.99. The molecule has 2 atom stereocenters. The van der Waals surface area contributed by atoms with Gasteiger partial charge in [-0.1, -0.05) is 25.1 Å². The summed E-state index contributed by atoms with van der Waals surface area (Å²) in [6.45, 7) is 7.27. The van der Waals surface area contributed by atoms with Crippen molar-refractivity contribution in [1.29, 1.82) is 0 Å². The molecule has 2 aliphatic heterocycles. The quantitative estimate of drug-likeness (QED) is 0.901. The molecule has 0 amide bonds. The van der Waals surface area contributed by atoms with E-state index in [9.17, 15) is 0 Å². The number of anilines is 1. The van der Waals surface area contributed by atoms with Gasteiger partial charge in [0, 0.05) is 42.2 Å². The number of benzene rings is 1. The Morgan fingerprint density at radius 1 is 1.39 bits per heavy atom. The number of rotatable bonds is 3. The largest absolute Gasteiger partial charge is 0.384 e. The Balaban J connectivity index is 1.55. The SMILES string of the molecule is CC1CN(CCC2CNc3ccccc32)CCS1. The van der Waals surface area contributed by atoms with Crippen molar-refractivity contribution >= 4 is 17.4 Å². The molecule has 0 spiro atoms. The van der Waals surface area contributed by atoms with Crippen molar-refractivity contribution in [3.8, 4) is 0 Å². The lowest BCUT2D eigenvalue weighted by Gasteiger charge is -2.31. The van der Waals surface area contributed by atoms with Crippen LogP contribution < -0.4 is 5.32 Å². The molecule has 1 fully saturated rings. The molecule has 18 heavy (non-hydrogen) atoms. The van der Waals surface area contributed by atoms with Crippen LogP contribution in [-0.2, 0) is 0 Å². The third-order valence-corrected chi connectivity index (χ3v) is 5.19. The fourth-order valence-electron chi connectivity index (χ4n) is 3.05. The van der Waals surface area contributed by atoms with Crippen LogP contribution in [0.2, 0.25) is 0 Å². The third kappa shape index (κ3) is 2.67. The summed E-state index contributed by atoms with van der Waals surface area (Å²) in [5.74, 6) is 2.02. The van der Waals surface area contributed by atoms with Gasteiger partial charge in [0.2, 0.25) is 0 Å². The number of fused-ring (bicyclic) bond motifs is 1. The average molecular weight is 262 g/mol. The molecule has 1 saturated heterocycles. The first-order valence-corrected chi connectivity index (χ1v) is 8.04. The summed E-state index contributed by atoms with van der Waals surface area (Å²) >= 11 is 2.11. The second-order valence-electron chi connectivity index (χ2n) is 5.44. The highest BCUT2D eigenvalue weighted by Gasteiger charge is 2.23.